The molecule has 1 heterocycles. The zero-order chi connectivity index (χ0) is 8.97. The molecule has 4 nitrogen and oxygen atoms in total. The lowest BCUT2D eigenvalue weighted by Crippen LogP contribution is -2.48. The molecular formula is C8H15NO3. The number of methoxy groups -OCH3 is 1. The first-order valence-electron chi connectivity index (χ1n) is 4.13. The molecular weight excluding hydrogens is 158 g/mol. The molecule has 0 aliphatic carbocycles. The van der Waals surface area contributed by atoms with Crippen molar-refractivity contribution in [3.63, 3.8) is 0 Å². The SMILES string of the molecule is COC(=O)CC1COCC(C)N1. The molecule has 0 radical (unpaired) electrons. The van der Waals surface area contributed by atoms with Crippen LogP contribution < -0.4 is 5.32 Å². The van der Waals surface area contributed by atoms with E-state index in [1.165, 1.54) is 7.11 Å². The molecule has 0 aromatic carbocycles. The van der Waals surface area contributed by atoms with Crippen LogP contribution in [0.5, 0.6) is 0 Å². The highest BCUT2D eigenvalue weighted by molar-refractivity contribution is 5.69. The minimum atomic E-state index is -0.190. The normalized spacial score (nSPS) is 29.8. The lowest BCUT2D eigenvalue weighted by molar-refractivity contribution is -0.142. The summed E-state index contributed by atoms with van der Waals surface area (Å²) in [4.78, 5) is 10.9. The summed E-state index contributed by atoms with van der Waals surface area (Å²) in [6.07, 6.45) is 0.390. The first kappa shape index (κ1) is 9.48. The van der Waals surface area contributed by atoms with Crippen LogP contribution in [-0.2, 0) is 14.3 Å². The smallest absolute Gasteiger partial charge is 0.307 e. The molecule has 1 fully saturated rings. The Morgan fingerprint density at radius 2 is 2.42 bits per heavy atom. The fourth-order valence-corrected chi connectivity index (χ4v) is 1.29. The average molecular weight is 173 g/mol. The number of esters is 1. The number of ether oxygens (including phenoxy) is 2. The van der Waals surface area contributed by atoms with E-state index in [2.05, 4.69) is 10.1 Å². The molecule has 0 saturated carbocycles. The number of hydrogen-bond acceptors (Lipinski definition) is 4. The second kappa shape index (κ2) is 4.42. The van der Waals surface area contributed by atoms with Crippen LogP contribution in [0.4, 0.5) is 0 Å². The van der Waals surface area contributed by atoms with E-state index < -0.39 is 0 Å². The Morgan fingerprint density at radius 3 is 3.00 bits per heavy atom. The predicted octanol–water partition coefficient (Wildman–Crippen LogP) is -0.0736. The van der Waals surface area contributed by atoms with Gasteiger partial charge in [0.1, 0.15) is 0 Å². The first-order valence-corrected chi connectivity index (χ1v) is 4.13. The summed E-state index contributed by atoms with van der Waals surface area (Å²) >= 11 is 0. The highest BCUT2D eigenvalue weighted by Crippen LogP contribution is 2.03. The van der Waals surface area contributed by atoms with Crippen LogP contribution in [0, 0.1) is 0 Å². The van der Waals surface area contributed by atoms with Gasteiger partial charge in [-0.1, -0.05) is 0 Å². The number of rotatable bonds is 2. The van der Waals surface area contributed by atoms with Gasteiger partial charge in [0.05, 0.1) is 26.7 Å². The summed E-state index contributed by atoms with van der Waals surface area (Å²) < 4.78 is 9.82. The zero-order valence-corrected chi connectivity index (χ0v) is 7.50. The van der Waals surface area contributed by atoms with Crippen LogP contribution >= 0.6 is 0 Å². The largest absolute Gasteiger partial charge is 0.469 e. The van der Waals surface area contributed by atoms with Crippen LogP contribution in [0.1, 0.15) is 13.3 Å². The van der Waals surface area contributed by atoms with Gasteiger partial charge in [0.25, 0.3) is 0 Å². The summed E-state index contributed by atoms with van der Waals surface area (Å²) in [6.45, 7) is 3.35. The van der Waals surface area contributed by atoms with Gasteiger partial charge in [0, 0.05) is 12.1 Å². The van der Waals surface area contributed by atoms with Gasteiger partial charge in [0.2, 0.25) is 0 Å². The molecule has 1 aliphatic rings. The molecule has 1 aliphatic heterocycles. The van der Waals surface area contributed by atoms with Gasteiger partial charge in [-0.25, -0.2) is 0 Å². The molecule has 1 saturated heterocycles. The quantitative estimate of drug-likeness (QED) is 0.594. The average Bonchev–Trinajstić information content (AvgIpc) is 2.04. The van der Waals surface area contributed by atoms with E-state index in [1.54, 1.807) is 0 Å². The predicted molar refractivity (Wildman–Crippen MR) is 43.8 cm³/mol. The van der Waals surface area contributed by atoms with Crippen LogP contribution in [0.3, 0.4) is 0 Å². The molecule has 0 spiro atoms. The molecule has 0 aromatic rings. The maximum atomic E-state index is 10.9. The van der Waals surface area contributed by atoms with Gasteiger partial charge >= 0.3 is 5.97 Å². The van der Waals surface area contributed by atoms with E-state index in [0.717, 1.165) is 6.61 Å². The van der Waals surface area contributed by atoms with Gasteiger partial charge in [-0.15, -0.1) is 0 Å². The van der Waals surface area contributed by atoms with Crippen molar-refractivity contribution in [1.29, 1.82) is 0 Å². The van der Waals surface area contributed by atoms with Crippen molar-refractivity contribution in [2.45, 2.75) is 25.4 Å². The van der Waals surface area contributed by atoms with Crippen LogP contribution in [0.15, 0.2) is 0 Å². The standard InChI is InChI=1S/C8H15NO3/c1-6-4-12-5-7(9-6)3-8(10)11-2/h6-7,9H,3-5H2,1-2H3. The summed E-state index contributed by atoms with van der Waals surface area (Å²) in [5, 5.41) is 3.26. The van der Waals surface area contributed by atoms with Crippen molar-refractivity contribution in [2.24, 2.45) is 0 Å². The highest BCUT2D eigenvalue weighted by atomic mass is 16.5. The van der Waals surface area contributed by atoms with Crippen molar-refractivity contribution in [1.82, 2.24) is 5.32 Å². The van der Waals surface area contributed by atoms with Crippen LogP contribution in [-0.4, -0.2) is 38.4 Å². The van der Waals surface area contributed by atoms with Crippen LogP contribution in [0.25, 0.3) is 0 Å². The van der Waals surface area contributed by atoms with Gasteiger partial charge in [-0.3, -0.25) is 4.79 Å². The fraction of sp³-hybridized carbons (Fsp3) is 0.875. The lowest BCUT2D eigenvalue weighted by atomic mass is 10.1. The van der Waals surface area contributed by atoms with Crippen LogP contribution in [0.2, 0.25) is 0 Å². The molecule has 70 valence electrons. The van der Waals surface area contributed by atoms with E-state index in [9.17, 15) is 4.79 Å². The minimum Gasteiger partial charge on any atom is -0.469 e. The Labute approximate surface area is 72.2 Å². The number of carbonyl (C=O) groups is 1. The minimum absolute atomic E-state index is 0.112. The molecule has 0 bridgehead atoms. The maximum Gasteiger partial charge on any atom is 0.307 e. The van der Waals surface area contributed by atoms with Gasteiger partial charge in [-0.2, -0.15) is 0 Å². The molecule has 1 N–H and O–H groups in total. The van der Waals surface area contributed by atoms with Gasteiger partial charge in [0.15, 0.2) is 0 Å². The summed E-state index contributed by atoms with van der Waals surface area (Å²) in [7, 11) is 1.40. The molecule has 4 heteroatoms. The molecule has 2 atom stereocenters. The summed E-state index contributed by atoms with van der Waals surface area (Å²) in [5.41, 5.74) is 0. The molecule has 12 heavy (non-hydrogen) atoms. The Balaban J connectivity index is 2.27. The van der Waals surface area contributed by atoms with Crippen molar-refractivity contribution in [2.75, 3.05) is 20.3 Å². The number of hydrogen-bond donors (Lipinski definition) is 1. The van der Waals surface area contributed by atoms with E-state index in [-0.39, 0.29) is 12.0 Å². The molecule has 0 aromatic heterocycles. The number of nitrogens with one attached hydrogen (secondary N) is 1. The maximum absolute atomic E-state index is 10.9. The van der Waals surface area contributed by atoms with Crippen molar-refractivity contribution in [3.8, 4) is 0 Å². The summed E-state index contributed by atoms with van der Waals surface area (Å²) in [5.74, 6) is -0.190. The Kier molecular flexibility index (Phi) is 3.49. The third-order valence-corrected chi connectivity index (χ3v) is 1.85. The molecule has 1 rings (SSSR count). The highest BCUT2D eigenvalue weighted by Gasteiger charge is 2.20. The van der Waals surface area contributed by atoms with Crippen molar-refractivity contribution in [3.05, 3.63) is 0 Å². The second-order valence-corrected chi connectivity index (χ2v) is 3.08. The number of carbonyl (C=O) groups excluding carboxylic acids is 1. The van der Waals surface area contributed by atoms with E-state index >= 15 is 0 Å². The Morgan fingerprint density at radius 1 is 1.67 bits per heavy atom. The first-order chi connectivity index (χ1) is 5.72. The van der Waals surface area contributed by atoms with Gasteiger partial charge in [-0.05, 0) is 6.92 Å². The Hall–Kier alpha value is -0.610. The second-order valence-electron chi connectivity index (χ2n) is 3.08. The van der Waals surface area contributed by atoms with E-state index in [4.69, 9.17) is 4.74 Å². The van der Waals surface area contributed by atoms with Crippen molar-refractivity contribution >= 4 is 5.97 Å². The van der Waals surface area contributed by atoms with Gasteiger partial charge < -0.3 is 14.8 Å². The van der Waals surface area contributed by atoms with Crippen molar-refractivity contribution < 1.29 is 14.3 Å². The monoisotopic (exact) mass is 173 g/mol. The Bertz CT molecular complexity index is 160. The summed E-state index contributed by atoms with van der Waals surface area (Å²) in [6, 6.07) is 0.439. The number of morpholine rings is 1. The molecule has 0 amide bonds. The lowest BCUT2D eigenvalue weighted by Gasteiger charge is -2.28. The third-order valence-electron chi connectivity index (χ3n) is 1.85. The third kappa shape index (κ3) is 2.79. The topological polar surface area (TPSA) is 47.6 Å². The van der Waals surface area contributed by atoms with E-state index in [1.807, 2.05) is 6.92 Å². The fourth-order valence-electron chi connectivity index (χ4n) is 1.29. The van der Waals surface area contributed by atoms with E-state index in [0.29, 0.717) is 19.1 Å². The molecule has 2 unspecified atom stereocenters. The zero-order valence-electron chi connectivity index (χ0n) is 7.50.